The van der Waals surface area contributed by atoms with Crippen molar-refractivity contribution in [2.45, 2.75) is 46.1 Å². The number of allylic oxidation sites excluding steroid dienone is 1. The lowest BCUT2D eigenvalue weighted by Crippen LogP contribution is -2.47. The molecule has 3 unspecified atom stereocenters. The van der Waals surface area contributed by atoms with E-state index in [9.17, 15) is 0 Å². The van der Waals surface area contributed by atoms with Gasteiger partial charge in [-0.05, 0) is 55.1 Å². The van der Waals surface area contributed by atoms with Crippen LogP contribution in [0.4, 0.5) is 0 Å². The van der Waals surface area contributed by atoms with E-state index in [1.165, 1.54) is 29.3 Å². The molecule has 0 aliphatic heterocycles. The molecule has 2 N–H and O–H groups in total. The van der Waals surface area contributed by atoms with Gasteiger partial charge in [-0.15, -0.1) is 0 Å². The van der Waals surface area contributed by atoms with Crippen molar-refractivity contribution in [3.8, 4) is 0 Å². The first-order chi connectivity index (χ1) is 11.0. The van der Waals surface area contributed by atoms with Gasteiger partial charge in [-0.25, -0.2) is 0 Å². The maximum atomic E-state index is 3.74. The molecule has 2 heteroatoms. The van der Waals surface area contributed by atoms with Crippen molar-refractivity contribution in [1.29, 1.82) is 0 Å². The zero-order valence-electron chi connectivity index (χ0n) is 14.5. The van der Waals surface area contributed by atoms with Gasteiger partial charge in [0.25, 0.3) is 0 Å². The number of H-pyrrole nitrogens is 1. The van der Waals surface area contributed by atoms with Gasteiger partial charge in [0.15, 0.2) is 0 Å². The van der Waals surface area contributed by atoms with Gasteiger partial charge in [0.2, 0.25) is 0 Å². The number of rotatable bonds is 5. The minimum Gasteiger partial charge on any atom is -0.361 e. The molecule has 0 radical (unpaired) electrons. The molecule has 1 aromatic carbocycles. The third kappa shape index (κ3) is 2.63. The molecule has 3 aliphatic carbocycles. The maximum Gasteiger partial charge on any atom is 0.0456 e. The standard InChI is InChI=1S/C21H28N2/c1-14(8-16-13-23-20-7-5-4-6-19(16)20)22-12-15-9-17-11-18(10-15)21(17,2)3/h4-7,9,13-14,17-18,22-23H,8,10-12H2,1-3H3. The van der Waals surface area contributed by atoms with Gasteiger partial charge in [0.1, 0.15) is 0 Å². The summed E-state index contributed by atoms with van der Waals surface area (Å²) in [5.41, 5.74) is 4.85. The summed E-state index contributed by atoms with van der Waals surface area (Å²) in [6, 6.07) is 9.08. The van der Waals surface area contributed by atoms with Crippen LogP contribution in [0.3, 0.4) is 0 Å². The highest BCUT2D eigenvalue weighted by atomic mass is 14.9. The minimum atomic E-state index is 0.501. The first kappa shape index (κ1) is 15.0. The van der Waals surface area contributed by atoms with Crippen LogP contribution in [0.1, 0.15) is 39.2 Å². The van der Waals surface area contributed by atoms with E-state index >= 15 is 0 Å². The predicted octanol–water partition coefficient (Wildman–Crippen LogP) is 4.68. The molecule has 0 amide bonds. The van der Waals surface area contributed by atoms with Crippen molar-refractivity contribution in [2.24, 2.45) is 17.3 Å². The lowest BCUT2D eigenvalue weighted by Gasteiger charge is -2.55. The molecule has 2 nitrogen and oxygen atoms in total. The van der Waals surface area contributed by atoms with Crippen LogP contribution >= 0.6 is 0 Å². The SMILES string of the molecule is CC(Cc1c[nH]c2ccccc12)NCC1=CC2CC(C1)C2(C)C. The molecule has 1 saturated carbocycles. The minimum absolute atomic E-state index is 0.501. The van der Waals surface area contributed by atoms with Crippen LogP contribution in [0, 0.1) is 17.3 Å². The molecular formula is C21H28N2. The summed E-state index contributed by atoms with van der Waals surface area (Å²) >= 11 is 0. The van der Waals surface area contributed by atoms with E-state index in [1.54, 1.807) is 5.57 Å². The van der Waals surface area contributed by atoms with Crippen molar-refractivity contribution in [3.05, 3.63) is 47.7 Å². The van der Waals surface area contributed by atoms with E-state index in [0.717, 1.165) is 24.8 Å². The van der Waals surface area contributed by atoms with Crippen LogP contribution in [-0.2, 0) is 6.42 Å². The Labute approximate surface area is 139 Å². The van der Waals surface area contributed by atoms with Crippen molar-refractivity contribution in [1.82, 2.24) is 10.3 Å². The summed E-state index contributed by atoms with van der Waals surface area (Å²) in [5, 5.41) is 5.10. The van der Waals surface area contributed by atoms with E-state index in [1.807, 2.05) is 0 Å². The highest BCUT2D eigenvalue weighted by molar-refractivity contribution is 5.83. The second-order valence-corrected chi connectivity index (χ2v) is 8.24. The topological polar surface area (TPSA) is 27.8 Å². The summed E-state index contributed by atoms with van der Waals surface area (Å²) in [6.45, 7) is 8.24. The molecule has 2 aromatic rings. The van der Waals surface area contributed by atoms with Gasteiger partial charge < -0.3 is 10.3 Å². The smallest absolute Gasteiger partial charge is 0.0456 e. The summed E-state index contributed by atoms with van der Waals surface area (Å²) in [5.74, 6) is 1.74. The monoisotopic (exact) mass is 308 g/mol. The van der Waals surface area contributed by atoms with Gasteiger partial charge in [-0.2, -0.15) is 0 Å². The molecule has 5 rings (SSSR count). The number of benzene rings is 1. The van der Waals surface area contributed by atoms with E-state index in [0.29, 0.717) is 11.5 Å². The summed E-state index contributed by atoms with van der Waals surface area (Å²) < 4.78 is 0. The molecule has 1 heterocycles. The molecule has 3 atom stereocenters. The zero-order chi connectivity index (χ0) is 16.0. The van der Waals surface area contributed by atoms with Crippen LogP contribution in [0.25, 0.3) is 10.9 Å². The Bertz CT molecular complexity index is 737. The second kappa shape index (κ2) is 5.52. The molecule has 122 valence electrons. The average Bonchev–Trinajstić information content (AvgIpc) is 2.96. The fourth-order valence-corrected chi connectivity index (χ4v) is 4.49. The highest BCUT2D eigenvalue weighted by Gasteiger charge is 2.49. The second-order valence-electron chi connectivity index (χ2n) is 8.24. The third-order valence-electron chi connectivity index (χ3n) is 6.37. The number of fused-ring (bicyclic) bond motifs is 2. The predicted molar refractivity (Wildman–Crippen MR) is 97.5 cm³/mol. The van der Waals surface area contributed by atoms with E-state index in [4.69, 9.17) is 0 Å². The number of aromatic nitrogens is 1. The van der Waals surface area contributed by atoms with Gasteiger partial charge in [0, 0.05) is 29.7 Å². The molecular weight excluding hydrogens is 280 g/mol. The van der Waals surface area contributed by atoms with E-state index in [2.05, 4.69) is 67.6 Å². The van der Waals surface area contributed by atoms with Crippen LogP contribution < -0.4 is 5.32 Å². The fourth-order valence-electron chi connectivity index (χ4n) is 4.49. The van der Waals surface area contributed by atoms with Gasteiger partial charge in [-0.1, -0.05) is 43.7 Å². The maximum absolute atomic E-state index is 3.74. The van der Waals surface area contributed by atoms with Crippen molar-refractivity contribution >= 4 is 10.9 Å². The summed E-state index contributed by atoms with van der Waals surface area (Å²) in [7, 11) is 0. The number of hydrogen-bond acceptors (Lipinski definition) is 1. The van der Waals surface area contributed by atoms with Crippen LogP contribution in [0.15, 0.2) is 42.1 Å². The average molecular weight is 308 g/mol. The first-order valence-electron chi connectivity index (χ1n) is 9.02. The van der Waals surface area contributed by atoms with E-state index in [-0.39, 0.29) is 0 Å². The summed E-state index contributed by atoms with van der Waals surface area (Å²) in [6.07, 6.45) is 8.53. The largest absolute Gasteiger partial charge is 0.361 e. The molecule has 3 aliphatic rings. The van der Waals surface area contributed by atoms with Gasteiger partial charge in [-0.3, -0.25) is 0 Å². The Hall–Kier alpha value is -1.54. The Morgan fingerprint density at radius 3 is 2.87 bits per heavy atom. The molecule has 23 heavy (non-hydrogen) atoms. The first-order valence-corrected chi connectivity index (χ1v) is 9.02. The number of hydrogen-bond donors (Lipinski definition) is 2. The quantitative estimate of drug-likeness (QED) is 0.771. The van der Waals surface area contributed by atoms with E-state index < -0.39 is 0 Å². The summed E-state index contributed by atoms with van der Waals surface area (Å²) in [4.78, 5) is 3.38. The molecule has 0 spiro atoms. The Kier molecular flexibility index (Phi) is 3.60. The Balaban J connectivity index is 1.35. The Morgan fingerprint density at radius 1 is 1.30 bits per heavy atom. The molecule has 1 fully saturated rings. The number of para-hydroxylation sites is 1. The number of nitrogens with one attached hydrogen (secondary N) is 2. The third-order valence-corrected chi connectivity index (χ3v) is 6.37. The van der Waals surface area contributed by atoms with Gasteiger partial charge >= 0.3 is 0 Å². The van der Waals surface area contributed by atoms with Gasteiger partial charge in [0.05, 0.1) is 0 Å². The van der Waals surface area contributed by atoms with Crippen LogP contribution in [0.5, 0.6) is 0 Å². The van der Waals surface area contributed by atoms with Crippen molar-refractivity contribution in [3.63, 3.8) is 0 Å². The van der Waals surface area contributed by atoms with Crippen molar-refractivity contribution < 1.29 is 0 Å². The van der Waals surface area contributed by atoms with Crippen LogP contribution in [0.2, 0.25) is 0 Å². The zero-order valence-corrected chi connectivity index (χ0v) is 14.5. The lowest BCUT2D eigenvalue weighted by atomic mass is 9.50. The normalized spacial score (nSPS) is 26.7. The fraction of sp³-hybridized carbons (Fsp3) is 0.524. The van der Waals surface area contributed by atoms with Crippen LogP contribution in [-0.4, -0.2) is 17.6 Å². The Morgan fingerprint density at radius 2 is 2.13 bits per heavy atom. The lowest BCUT2D eigenvalue weighted by molar-refractivity contribution is -0.00140. The van der Waals surface area contributed by atoms with Crippen molar-refractivity contribution in [2.75, 3.05) is 6.54 Å². The highest BCUT2D eigenvalue weighted by Crippen LogP contribution is 2.57. The molecule has 2 bridgehead atoms. The number of aromatic amines is 1. The molecule has 0 saturated heterocycles. The molecule has 1 aromatic heterocycles.